The molecule has 0 aliphatic heterocycles. The molecule has 0 saturated heterocycles. The summed E-state index contributed by atoms with van der Waals surface area (Å²) < 4.78 is 0. The van der Waals surface area contributed by atoms with Crippen LogP contribution in [0.2, 0.25) is 0 Å². The number of carbonyl (C=O) groups excluding carboxylic acids is 1. The first-order valence-corrected chi connectivity index (χ1v) is 6.36. The Morgan fingerprint density at radius 3 is 2.42 bits per heavy atom. The molecule has 2 N–H and O–H groups in total. The SMILES string of the molecule is CCN(C(=O)c1cccc(N)c1)c1ccc(C)cc1. The molecular weight excluding hydrogens is 236 g/mol. The van der Waals surface area contributed by atoms with Crippen molar-refractivity contribution in [2.45, 2.75) is 13.8 Å². The van der Waals surface area contributed by atoms with Crippen LogP contribution in [0.3, 0.4) is 0 Å². The van der Waals surface area contributed by atoms with Crippen LogP contribution in [0.1, 0.15) is 22.8 Å². The van der Waals surface area contributed by atoms with E-state index in [9.17, 15) is 4.79 Å². The van der Waals surface area contributed by atoms with Crippen LogP contribution in [-0.2, 0) is 0 Å². The van der Waals surface area contributed by atoms with Gasteiger partial charge in [-0.25, -0.2) is 0 Å². The summed E-state index contributed by atoms with van der Waals surface area (Å²) in [5.74, 6) is -0.0290. The molecule has 98 valence electrons. The van der Waals surface area contributed by atoms with Crippen molar-refractivity contribution in [3.63, 3.8) is 0 Å². The summed E-state index contributed by atoms with van der Waals surface area (Å²) in [5, 5.41) is 0. The van der Waals surface area contributed by atoms with Crippen LogP contribution in [0.15, 0.2) is 48.5 Å². The fraction of sp³-hybridized carbons (Fsp3) is 0.188. The summed E-state index contributed by atoms with van der Waals surface area (Å²) in [6.07, 6.45) is 0. The second kappa shape index (κ2) is 5.57. The number of nitrogen functional groups attached to an aromatic ring is 1. The first kappa shape index (κ1) is 13.1. The number of hydrogen-bond donors (Lipinski definition) is 1. The van der Waals surface area contributed by atoms with Gasteiger partial charge < -0.3 is 10.6 Å². The number of anilines is 2. The largest absolute Gasteiger partial charge is 0.399 e. The Bertz CT molecular complexity index is 576. The van der Waals surface area contributed by atoms with Gasteiger partial charge in [0.05, 0.1) is 0 Å². The Morgan fingerprint density at radius 2 is 1.84 bits per heavy atom. The molecule has 2 aromatic rings. The van der Waals surface area contributed by atoms with Crippen LogP contribution in [0, 0.1) is 6.92 Å². The van der Waals surface area contributed by atoms with E-state index >= 15 is 0 Å². The van der Waals surface area contributed by atoms with E-state index in [1.165, 1.54) is 5.56 Å². The number of amides is 1. The zero-order valence-electron chi connectivity index (χ0n) is 11.3. The highest BCUT2D eigenvalue weighted by Gasteiger charge is 2.15. The van der Waals surface area contributed by atoms with Crippen molar-refractivity contribution in [2.75, 3.05) is 17.2 Å². The van der Waals surface area contributed by atoms with Crippen LogP contribution >= 0.6 is 0 Å². The third-order valence-corrected chi connectivity index (χ3v) is 3.04. The van der Waals surface area contributed by atoms with Crippen molar-refractivity contribution < 1.29 is 4.79 Å². The lowest BCUT2D eigenvalue weighted by molar-refractivity contribution is 0.0988. The molecule has 0 saturated carbocycles. The Kier molecular flexibility index (Phi) is 3.85. The third kappa shape index (κ3) is 2.94. The number of hydrogen-bond acceptors (Lipinski definition) is 2. The van der Waals surface area contributed by atoms with Gasteiger partial charge >= 0.3 is 0 Å². The number of aryl methyl sites for hydroxylation is 1. The normalized spacial score (nSPS) is 10.2. The molecule has 0 radical (unpaired) electrons. The standard InChI is InChI=1S/C16H18N2O/c1-3-18(15-9-7-12(2)8-10-15)16(19)13-5-4-6-14(17)11-13/h4-11H,3,17H2,1-2H3. The smallest absolute Gasteiger partial charge is 0.258 e. The highest BCUT2D eigenvalue weighted by atomic mass is 16.2. The maximum Gasteiger partial charge on any atom is 0.258 e. The number of nitrogens with two attached hydrogens (primary N) is 1. The average Bonchev–Trinajstić information content (AvgIpc) is 2.41. The van der Waals surface area contributed by atoms with Gasteiger partial charge in [-0.1, -0.05) is 23.8 Å². The predicted molar refractivity (Wildman–Crippen MR) is 79.4 cm³/mol. The molecule has 1 amide bonds. The van der Waals surface area contributed by atoms with Crippen molar-refractivity contribution in [2.24, 2.45) is 0 Å². The van der Waals surface area contributed by atoms with E-state index < -0.39 is 0 Å². The average molecular weight is 254 g/mol. The van der Waals surface area contributed by atoms with Crippen molar-refractivity contribution in [3.05, 3.63) is 59.7 Å². The van der Waals surface area contributed by atoms with Gasteiger partial charge in [-0.3, -0.25) is 4.79 Å². The molecular formula is C16H18N2O. The Morgan fingerprint density at radius 1 is 1.16 bits per heavy atom. The Labute approximate surface area is 113 Å². The van der Waals surface area contributed by atoms with Crippen LogP contribution in [0.25, 0.3) is 0 Å². The van der Waals surface area contributed by atoms with Gasteiger partial charge in [-0.05, 0) is 44.2 Å². The zero-order valence-corrected chi connectivity index (χ0v) is 11.3. The van der Waals surface area contributed by atoms with Gasteiger partial charge in [0.15, 0.2) is 0 Å². The molecule has 2 rings (SSSR count). The van der Waals surface area contributed by atoms with Gasteiger partial charge in [0.2, 0.25) is 0 Å². The molecule has 0 aromatic heterocycles. The van der Waals surface area contributed by atoms with Crippen LogP contribution in [0.5, 0.6) is 0 Å². The second-order valence-corrected chi connectivity index (χ2v) is 4.51. The summed E-state index contributed by atoms with van der Waals surface area (Å²) in [6.45, 7) is 4.61. The molecule has 0 fully saturated rings. The van der Waals surface area contributed by atoms with E-state index in [4.69, 9.17) is 5.73 Å². The summed E-state index contributed by atoms with van der Waals surface area (Å²) in [5.41, 5.74) is 9.02. The number of carbonyl (C=O) groups is 1. The summed E-state index contributed by atoms with van der Waals surface area (Å²) in [6, 6.07) is 15.0. The minimum absolute atomic E-state index is 0.0290. The van der Waals surface area contributed by atoms with Crippen molar-refractivity contribution in [1.29, 1.82) is 0 Å². The molecule has 0 bridgehead atoms. The molecule has 0 atom stereocenters. The monoisotopic (exact) mass is 254 g/mol. The molecule has 0 heterocycles. The lowest BCUT2D eigenvalue weighted by atomic mass is 10.1. The lowest BCUT2D eigenvalue weighted by Gasteiger charge is -2.21. The van der Waals surface area contributed by atoms with Gasteiger partial charge in [-0.15, -0.1) is 0 Å². The minimum atomic E-state index is -0.0290. The molecule has 0 unspecified atom stereocenters. The van der Waals surface area contributed by atoms with Gasteiger partial charge in [0.1, 0.15) is 0 Å². The fourth-order valence-electron chi connectivity index (χ4n) is 2.00. The first-order chi connectivity index (χ1) is 9.11. The number of nitrogens with zero attached hydrogens (tertiary/aromatic N) is 1. The molecule has 2 aromatic carbocycles. The van der Waals surface area contributed by atoms with Gasteiger partial charge in [0.25, 0.3) is 5.91 Å². The number of rotatable bonds is 3. The summed E-state index contributed by atoms with van der Waals surface area (Å²) in [4.78, 5) is 14.2. The van der Waals surface area contributed by atoms with Crippen LogP contribution in [0.4, 0.5) is 11.4 Å². The highest BCUT2D eigenvalue weighted by Crippen LogP contribution is 2.18. The van der Waals surface area contributed by atoms with E-state index in [0.29, 0.717) is 17.8 Å². The second-order valence-electron chi connectivity index (χ2n) is 4.51. The highest BCUT2D eigenvalue weighted by molar-refractivity contribution is 6.06. The topological polar surface area (TPSA) is 46.3 Å². The van der Waals surface area contributed by atoms with E-state index in [2.05, 4.69) is 0 Å². The molecule has 0 aliphatic rings. The van der Waals surface area contributed by atoms with Crippen LogP contribution < -0.4 is 10.6 Å². The predicted octanol–water partition coefficient (Wildman–Crippen LogP) is 3.24. The fourth-order valence-corrected chi connectivity index (χ4v) is 2.00. The molecule has 3 heteroatoms. The maximum absolute atomic E-state index is 12.5. The minimum Gasteiger partial charge on any atom is -0.399 e. The van der Waals surface area contributed by atoms with Gasteiger partial charge in [0, 0.05) is 23.5 Å². The van der Waals surface area contributed by atoms with E-state index in [1.54, 1.807) is 29.2 Å². The quantitative estimate of drug-likeness (QED) is 0.855. The first-order valence-electron chi connectivity index (χ1n) is 6.36. The summed E-state index contributed by atoms with van der Waals surface area (Å²) in [7, 11) is 0. The van der Waals surface area contributed by atoms with Crippen LogP contribution in [-0.4, -0.2) is 12.5 Å². The van der Waals surface area contributed by atoms with E-state index in [1.807, 2.05) is 38.1 Å². The molecule has 19 heavy (non-hydrogen) atoms. The van der Waals surface area contributed by atoms with E-state index in [0.717, 1.165) is 5.69 Å². The third-order valence-electron chi connectivity index (χ3n) is 3.04. The van der Waals surface area contributed by atoms with Crippen molar-refractivity contribution in [1.82, 2.24) is 0 Å². The van der Waals surface area contributed by atoms with E-state index in [-0.39, 0.29) is 5.91 Å². The summed E-state index contributed by atoms with van der Waals surface area (Å²) >= 11 is 0. The van der Waals surface area contributed by atoms with Crippen molar-refractivity contribution >= 4 is 17.3 Å². The molecule has 0 spiro atoms. The molecule has 0 aliphatic carbocycles. The maximum atomic E-state index is 12.5. The Hall–Kier alpha value is -2.29. The lowest BCUT2D eigenvalue weighted by Crippen LogP contribution is -2.30. The van der Waals surface area contributed by atoms with Gasteiger partial charge in [-0.2, -0.15) is 0 Å². The van der Waals surface area contributed by atoms with Crippen molar-refractivity contribution in [3.8, 4) is 0 Å². The molecule has 3 nitrogen and oxygen atoms in total. The zero-order chi connectivity index (χ0) is 13.8. The Balaban J connectivity index is 2.31. The number of benzene rings is 2.